The Balaban J connectivity index is 3.26. The van der Waals surface area contributed by atoms with Gasteiger partial charge in [-0.3, -0.25) is 4.31 Å². The summed E-state index contributed by atoms with van der Waals surface area (Å²) in [6.07, 6.45) is 0. The first kappa shape index (κ1) is 13.9. The molecular formula is C11H17FN2O2S. The minimum Gasteiger partial charge on any atom is -0.326 e. The molecule has 0 atom stereocenters. The van der Waals surface area contributed by atoms with E-state index in [2.05, 4.69) is 0 Å². The van der Waals surface area contributed by atoms with E-state index in [1.165, 1.54) is 16.4 Å². The van der Waals surface area contributed by atoms with Crippen molar-refractivity contribution < 1.29 is 12.8 Å². The molecule has 0 saturated heterocycles. The summed E-state index contributed by atoms with van der Waals surface area (Å²) in [4.78, 5) is 0. The van der Waals surface area contributed by atoms with Gasteiger partial charge in [0.25, 0.3) is 0 Å². The first-order valence-corrected chi connectivity index (χ1v) is 7.05. The second kappa shape index (κ2) is 5.46. The van der Waals surface area contributed by atoms with Crippen LogP contribution in [0.5, 0.6) is 0 Å². The fourth-order valence-corrected chi connectivity index (χ4v) is 2.72. The van der Waals surface area contributed by atoms with Crippen molar-refractivity contribution in [2.24, 2.45) is 5.73 Å². The van der Waals surface area contributed by atoms with Crippen LogP contribution in [0.2, 0.25) is 0 Å². The highest BCUT2D eigenvalue weighted by Crippen LogP contribution is 2.21. The normalized spacial score (nSPS) is 11.5. The van der Waals surface area contributed by atoms with E-state index in [4.69, 9.17) is 5.73 Å². The van der Waals surface area contributed by atoms with E-state index in [9.17, 15) is 12.8 Å². The van der Waals surface area contributed by atoms with Crippen LogP contribution in [0.25, 0.3) is 0 Å². The summed E-state index contributed by atoms with van der Waals surface area (Å²) in [5.74, 6) is -0.498. The van der Waals surface area contributed by atoms with Crippen LogP contribution in [-0.4, -0.2) is 20.7 Å². The number of hydrogen-bond donors (Lipinski definition) is 1. The molecule has 1 rings (SSSR count). The number of hydrogen-bond acceptors (Lipinski definition) is 3. The van der Waals surface area contributed by atoms with Gasteiger partial charge in [-0.1, -0.05) is 0 Å². The van der Waals surface area contributed by atoms with E-state index in [1.807, 2.05) is 0 Å². The topological polar surface area (TPSA) is 63.4 Å². The van der Waals surface area contributed by atoms with Crippen molar-refractivity contribution in [2.45, 2.75) is 20.4 Å². The van der Waals surface area contributed by atoms with Crippen molar-refractivity contribution in [3.05, 3.63) is 29.6 Å². The number of rotatable bonds is 5. The van der Waals surface area contributed by atoms with Crippen molar-refractivity contribution in [1.29, 1.82) is 0 Å². The monoisotopic (exact) mass is 260 g/mol. The number of sulfonamides is 1. The molecule has 0 aromatic heterocycles. The Morgan fingerprint density at radius 3 is 2.41 bits per heavy atom. The van der Waals surface area contributed by atoms with E-state index in [1.54, 1.807) is 19.9 Å². The van der Waals surface area contributed by atoms with Crippen molar-refractivity contribution >= 4 is 15.7 Å². The third-order valence-electron chi connectivity index (χ3n) is 2.45. The van der Waals surface area contributed by atoms with Gasteiger partial charge in [0.1, 0.15) is 5.82 Å². The molecule has 96 valence electrons. The second-order valence-electron chi connectivity index (χ2n) is 3.59. The molecule has 0 heterocycles. The number of anilines is 1. The van der Waals surface area contributed by atoms with Crippen LogP contribution in [0.15, 0.2) is 18.2 Å². The highest BCUT2D eigenvalue weighted by molar-refractivity contribution is 7.92. The van der Waals surface area contributed by atoms with Gasteiger partial charge in [-0.25, -0.2) is 12.8 Å². The molecule has 1 aromatic rings. The van der Waals surface area contributed by atoms with Gasteiger partial charge in [0.05, 0.1) is 11.4 Å². The van der Waals surface area contributed by atoms with Gasteiger partial charge < -0.3 is 5.73 Å². The Morgan fingerprint density at radius 1 is 1.29 bits per heavy atom. The maximum Gasteiger partial charge on any atom is 0.234 e. The summed E-state index contributed by atoms with van der Waals surface area (Å²) in [5.41, 5.74) is 6.34. The van der Waals surface area contributed by atoms with Crippen LogP contribution in [-0.2, 0) is 16.6 Å². The lowest BCUT2D eigenvalue weighted by Gasteiger charge is -2.22. The lowest BCUT2D eigenvalue weighted by atomic mass is 10.2. The average Bonchev–Trinajstić information content (AvgIpc) is 2.28. The van der Waals surface area contributed by atoms with Crippen LogP contribution in [0.3, 0.4) is 0 Å². The fraction of sp³-hybridized carbons (Fsp3) is 0.455. The maximum absolute atomic E-state index is 13.3. The first-order chi connectivity index (χ1) is 7.94. The molecule has 0 aliphatic carbocycles. The van der Waals surface area contributed by atoms with Crippen LogP contribution in [0.1, 0.15) is 19.4 Å². The molecule has 0 fully saturated rings. The minimum absolute atomic E-state index is 0.0185. The summed E-state index contributed by atoms with van der Waals surface area (Å²) in [5, 5.41) is 0. The van der Waals surface area contributed by atoms with Crippen LogP contribution >= 0.6 is 0 Å². The Labute approximate surface area is 101 Å². The number of benzene rings is 1. The summed E-state index contributed by atoms with van der Waals surface area (Å²) in [7, 11) is -3.38. The molecule has 0 saturated carbocycles. The highest BCUT2D eigenvalue weighted by Gasteiger charge is 2.19. The highest BCUT2D eigenvalue weighted by atomic mass is 32.2. The standard InChI is InChI=1S/C11H17FN2O2S/c1-3-14(17(15,16)4-2)11-6-9(8-13)5-10(12)7-11/h5-7H,3-4,8,13H2,1-2H3. The van der Waals surface area contributed by atoms with Crippen molar-refractivity contribution in [3.63, 3.8) is 0 Å². The zero-order valence-electron chi connectivity index (χ0n) is 9.98. The van der Waals surface area contributed by atoms with Crippen LogP contribution in [0.4, 0.5) is 10.1 Å². The third-order valence-corrected chi connectivity index (χ3v) is 4.32. The molecule has 0 amide bonds. The largest absolute Gasteiger partial charge is 0.326 e. The Morgan fingerprint density at radius 2 is 1.94 bits per heavy atom. The average molecular weight is 260 g/mol. The predicted molar refractivity (Wildman–Crippen MR) is 66.8 cm³/mol. The smallest absolute Gasteiger partial charge is 0.234 e. The van der Waals surface area contributed by atoms with Crippen LogP contribution < -0.4 is 10.0 Å². The minimum atomic E-state index is -3.38. The van der Waals surface area contributed by atoms with Gasteiger partial charge in [0.15, 0.2) is 0 Å². The molecule has 17 heavy (non-hydrogen) atoms. The molecule has 0 spiro atoms. The van der Waals surface area contributed by atoms with Gasteiger partial charge >= 0.3 is 0 Å². The molecule has 0 bridgehead atoms. The van der Waals surface area contributed by atoms with E-state index < -0.39 is 15.8 Å². The lowest BCUT2D eigenvalue weighted by Crippen LogP contribution is -2.32. The SMILES string of the molecule is CCN(c1cc(F)cc(CN)c1)S(=O)(=O)CC. The maximum atomic E-state index is 13.3. The fourth-order valence-electron chi connectivity index (χ4n) is 1.59. The molecule has 0 aliphatic heterocycles. The number of halogens is 1. The summed E-state index contributed by atoms with van der Waals surface area (Å²) < 4.78 is 38.1. The van der Waals surface area contributed by atoms with Crippen molar-refractivity contribution in [2.75, 3.05) is 16.6 Å². The third kappa shape index (κ3) is 3.17. The lowest BCUT2D eigenvalue weighted by molar-refractivity contribution is 0.592. The zero-order valence-corrected chi connectivity index (χ0v) is 10.8. The van der Waals surface area contributed by atoms with Gasteiger partial charge in [-0.2, -0.15) is 0 Å². The molecular weight excluding hydrogens is 243 g/mol. The molecule has 1 aromatic carbocycles. The van der Waals surface area contributed by atoms with Crippen molar-refractivity contribution in [3.8, 4) is 0 Å². The number of nitrogens with two attached hydrogens (primary N) is 1. The van der Waals surface area contributed by atoms with Crippen molar-refractivity contribution in [1.82, 2.24) is 0 Å². The second-order valence-corrected chi connectivity index (χ2v) is 5.77. The first-order valence-electron chi connectivity index (χ1n) is 5.44. The molecule has 0 radical (unpaired) electrons. The van der Waals surface area contributed by atoms with E-state index in [-0.39, 0.29) is 18.8 Å². The van der Waals surface area contributed by atoms with Gasteiger partial charge in [-0.05, 0) is 37.6 Å². The Bertz CT molecular complexity index is 488. The molecule has 4 nitrogen and oxygen atoms in total. The van der Waals surface area contributed by atoms with Crippen LogP contribution in [0, 0.1) is 5.82 Å². The predicted octanol–water partition coefficient (Wildman–Crippen LogP) is 1.46. The number of nitrogens with zero attached hydrogens (tertiary/aromatic N) is 1. The van der Waals surface area contributed by atoms with E-state index >= 15 is 0 Å². The summed E-state index contributed by atoms with van der Waals surface area (Å²) in [6.45, 7) is 3.71. The zero-order chi connectivity index (χ0) is 13.1. The van der Waals surface area contributed by atoms with Gasteiger partial charge in [0, 0.05) is 13.1 Å². The molecule has 0 unspecified atom stereocenters. The summed E-state index contributed by atoms with van der Waals surface area (Å²) >= 11 is 0. The molecule has 0 aliphatic rings. The Hall–Kier alpha value is -1.14. The van der Waals surface area contributed by atoms with Gasteiger partial charge in [0.2, 0.25) is 10.0 Å². The molecule has 6 heteroatoms. The van der Waals surface area contributed by atoms with Gasteiger partial charge in [-0.15, -0.1) is 0 Å². The Kier molecular flexibility index (Phi) is 4.47. The van der Waals surface area contributed by atoms with E-state index in [0.29, 0.717) is 11.3 Å². The molecule has 2 N–H and O–H groups in total. The van der Waals surface area contributed by atoms with E-state index in [0.717, 1.165) is 0 Å². The summed E-state index contributed by atoms with van der Waals surface area (Å²) in [6, 6.07) is 4.10. The quantitative estimate of drug-likeness (QED) is 0.871.